The molecule has 4 nitrogen and oxygen atoms in total. The molecule has 0 unspecified atom stereocenters. The number of aromatic nitrogens is 3. The largest absolute Gasteiger partial charge is 0.451 e. The molecule has 0 bridgehead atoms. The zero-order valence-electron chi connectivity index (χ0n) is 11.6. The molecule has 0 amide bonds. The van der Waals surface area contributed by atoms with Crippen molar-refractivity contribution >= 4 is 5.69 Å². The first-order valence-electron chi connectivity index (χ1n) is 6.23. The Hall–Kier alpha value is -2.39. The summed E-state index contributed by atoms with van der Waals surface area (Å²) in [6.45, 7) is 0. The maximum Gasteiger partial charge on any atom is 0.451 e. The molecule has 0 radical (unpaired) electrons. The fraction of sp³-hybridized carbons (Fsp3) is 0.308. The number of nitrogens with zero attached hydrogens (tertiary/aromatic N) is 3. The van der Waals surface area contributed by atoms with Crippen LogP contribution in [0, 0.1) is 0 Å². The van der Waals surface area contributed by atoms with Crippen molar-refractivity contribution in [2.45, 2.75) is 18.8 Å². The molecular weight excluding hydrogens is 326 g/mol. The minimum Gasteiger partial charge on any atom is -0.388 e. The van der Waals surface area contributed by atoms with E-state index >= 15 is 0 Å². The highest BCUT2D eigenvalue weighted by Gasteiger charge is 2.34. The van der Waals surface area contributed by atoms with Crippen LogP contribution in [-0.2, 0) is 12.6 Å². The molecule has 0 aromatic carbocycles. The lowest BCUT2D eigenvalue weighted by Gasteiger charge is -2.12. The van der Waals surface area contributed by atoms with Gasteiger partial charge in [0.2, 0.25) is 5.82 Å². The molecule has 0 fully saturated rings. The average molecular weight is 336 g/mol. The normalized spacial score (nSPS) is 12.3. The fourth-order valence-electron chi connectivity index (χ4n) is 1.84. The molecule has 23 heavy (non-hydrogen) atoms. The summed E-state index contributed by atoms with van der Waals surface area (Å²) in [5.74, 6) is -1.30. The van der Waals surface area contributed by atoms with Crippen LogP contribution in [0.2, 0.25) is 0 Å². The number of hydrogen-bond donors (Lipinski definition) is 1. The molecule has 0 atom stereocenters. The van der Waals surface area contributed by atoms with Crippen molar-refractivity contribution in [1.29, 1.82) is 0 Å². The molecule has 0 saturated carbocycles. The highest BCUT2D eigenvalue weighted by atomic mass is 19.4. The standard InChI is InChI=1S/C13H10F6N4/c1-20-9-2-10(21-4-7(9)3-12(14,15)16)8-5-22-11(23-6-8)13(17,18)19/h2,4-6H,3H2,1H3,(H,20,21). The van der Waals surface area contributed by atoms with Gasteiger partial charge in [-0.2, -0.15) is 26.3 Å². The molecule has 0 aliphatic carbocycles. The van der Waals surface area contributed by atoms with Gasteiger partial charge in [0.1, 0.15) is 0 Å². The molecular formula is C13H10F6N4. The van der Waals surface area contributed by atoms with Gasteiger partial charge in [0.25, 0.3) is 0 Å². The molecule has 2 aromatic heterocycles. The van der Waals surface area contributed by atoms with Gasteiger partial charge in [-0.1, -0.05) is 0 Å². The van der Waals surface area contributed by atoms with E-state index in [1.54, 1.807) is 0 Å². The topological polar surface area (TPSA) is 50.7 Å². The van der Waals surface area contributed by atoms with E-state index in [0.717, 1.165) is 18.6 Å². The van der Waals surface area contributed by atoms with E-state index in [1.807, 2.05) is 0 Å². The first-order valence-corrected chi connectivity index (χ1v) is 6.23. The summed E-state index contributed by atoms with van der Waals surface area (Å²) in [7, 11) is 1.43. The van der Waals surface area contributed by atoms with Crippen molar-refractivity contribution in [3.63, 3.8) is 0 Å². The van der Waals surface area contributed by atoms with Crippen LogP contribution in [0.1, 0.15) is 11.4 Å². The summed E-state index contributed by atoms with van der Waals surface area (Å²) >= 11 is 0. The lowest BCUT2D eigenvalue weighted by molar-refractivity contribution is -0.145. The fourth-order valence-corrected chi connectivity index (χ4v) is 1.84. The molecule has 1 N–H and O–H groups in total. The molecule has 124 valence electrons. The number of nitrogens with one attached hydrogen (secondary N) is 1. The van der Waals surface area contributed by atoms with Gasteiger partial charge < -0.3 is 5.32 Å². The minimum atomic E-state index is -4.67. The second kappa shape index (κ2) is 6.01. The SMILES string of the molecule is CNc1cc(-c2cnc(C(F)(F)F)nc2)ncc1CC(F)(F)F. The van der Waals surface area contributed by atoms with Gasteiger partial charge in [-0.3, -0.25) is 4.98 Å². The van der Waals surface area contributed by atoms with E-state index in [4.69, 9.17) is 0 Å². The number of alkyl halides is 6. The van der Waals surface area contributed by atoms with Crippen molar-refractivity contribution in [3.05, 3.63) is 36.0 Å². The smallest absolute Gasteiger partial charge is 0.388 e. The molecule has 0 spiro atoms. The number of hydrogen-bond acceptors (Lipinski definition) is 4. The Kier molecular flexibility index (Phi) is 4.44. The van der Waals surface area contributed by atoms with Crippen molar-refractivity contribution in [2.24, 2.45) is 0 Å². The van der Waals surface area contributed by atoms with Crippen molar-refractivity contribution in [1.82, 2.24) is 15.0 Å². The summed E-state index contributed by atoms with van der Waals surface area (Å²) in [4.78, 5) is 10.2. The minimum absolute atomic E-state index is 0.0726. The van der Waals surface area contributed by atoms with Crippen LogP contribution in [0.4, 0.5) is 32.0 Å². The van der Waals surface area contributed by atoms with Crippen LogP contribution in [0.3, 0.4) is 0 Å². The Morgan fingerprint density at radius 1 is 0.957 bits per heavy atom. The zero-order chi connectivity index (χ0) is 17.3. The van der Waals surface area contributed by atoms with Gasteiger partial charge >= 0.3 is 12.4 Å². The molecule has 2 heterocycles. The summed E-state index contributed by atoms with van der Waals surface area (Å²) in [6, 6.07) is 1.30. The van der Waals surface area contributed by atoms with Crippen molar-refractivity contribution in [3.8, 4) is 11.3 Å². The molecule has 0 aliphatic rings. The number of anilines is 1. The monoisotopic (exact) mass is 336 g/mol. The number of rotatable bonds is 3. The third-order valence-corrected chi connectivity index (χ3v) is 2.85. The van der Waals surface area contributed by atoms with Crippen LogP contribution in [0.25, 0.3) is 11.3 Å². The number of halogens is 6. The maximum absolute atomic E-state index is 12.5. The molecule has 0 saturated heterocycles. The first-order chi connectivity index (χ1) is 10.6. The van der Waals surface area contributed by atoms with Crippen molar-refractivity contribution < 1.29 is 26.3 Å². The van der Waals surface area contributed by atoms with E-state index in [9.17, 15) is 26.3 Å². The quantitative estimate of drug-likeness (QED) is 0.869. The third-order valence-electron chi connectivity index (χ3n) is 2.85. The van der Waals surface area contributed by atoms with Crippen LogP contribution in [0.15, 0.2) is 24.7 Å². The zero-order valence-corrected chi connectivity index (χ0v) is 11.6. The lowest BCUT2D eigenvalue weighted by atomic mass is 10.1. The van der Waals surface area contributed by atoms with Crippen LogP contribution >= 0.6 is 0 Å². The second-order valence-corrected chi connectivity index (χ2v) is 4.56. The van der Waals surface area contributed by atoms with Gasteiger partial charge in [-0.05, 0) is 6.07 Å². The predicted octanol–water partition coefficient (Wildman–Crippen LogP) is 3.70. The van der Waals surface area contributed by atoms with Crippen LogP contribution in [-0.4, -0.2) is 28.2 Å². The van der Waals surface area contributed by atoms with Gasteiger partial charge in [0, 0.05) is 42.5 Å². The van der Waals surface area contributed by atoms with E-state index in [2.05, 4.69) is 20.3 Å². The number of pyridine rings is 1. The second-order valence-electron chi connectivity index (χ2n) is 4.56. The Morgan fingerprint density at radius 3 is 2.04 bits per heavy atom. The van der Waals surface area contributed by atoms with E-state index in [-0.39, 0.29) is 22.5 Å². The van der Waals surface area contributed by atoms with Crippen LogP contribution in [0.5, 0.6) is 0 Å². The van der Waals surface area contributed by atoms with E-state index in [0.29, 0.717) is 0 Å². The van der Waals surface area contributed by atoms with Crippen LogP contribution < -0.4 is 5.32 Å². The summed E-state index contributed by atoms with van der Waals surface area (Å²) in [6.07, 6.45) is -7.38. The average Bonchev–Trinajstić information content (AvgIpc) is 2.45. The maximum atomic E-state index is 12.5. The Balaban J connectivity index is 2.34. The Bertz CT molecular complexity index is 678. The third kappa shape index (κ3) is 4.30. The molecule has 10 heteroatoms. The summed E-state index contributed by atoms with van der Waals surface area (Å²) in [5.41, 5.74) is 0.422. The van der Waals surface area contributed by atoms with Gasteiger partial charge in [0.05, 0.1) is 12.1 Å². The first kappa shape index (κ1) is 17.0. The molecule has 2 rings (SSSR count). The van der Waals surface area contributed by atoms with Crippen molar-refractivity contribution in [2.75, 3.05) is 12.4 Å². The summed E-state index contributed by atoms with van der Waals surface area (Å²) < 4.78 is 74.5. The van der Waals surface area contributed by atoms with Gasteiger partial charge in [0.15, 0.2) is 0 Å². The predicted molar refractivity (Wildman–Crippen MR) is 69.6 cm³/mol. The molecule has 0 aliphatic heterocycles. The van der Waals surface area contributed by atoms with Gasteiger partial charge in [-0.25, -0.2) is 9.97 Å². The highest BCUT2D eigenvalue weighted by molar-refractivity contribution is 5.64. The Labute approximate surface area is 126 Å². The lowest BCUT2D eigenvalue weighted by Crippen LogP contribution is -2.13. The van der Waals surface area contributed by atoms with Gasteiger partial charge in [-0.15, -0.1) is 0 Å². The summed E-state index contributed by atoms with van der Waals surface area (Å²) in [5, 5.41) is 2.60. The molecule has 2 aromatic rings. The highest BCUT2D eigenvalue weighted by Crippen LogP contribution is 2.29. The Morgan fingerprint density at radius 2 is 1.57 bits per heavy atom. The van der Waals surface area contributed by atoms with E-state index in [1.165, 1.54) is 13.1 Å². The van der Waals surface area contributed by atoms with E-state index < -0.39 is 24.6 Å².